The minimum absolute atomic E-state index is 0.250. The monoisotopic (exact) mass is 382 g/mol. The quantitative estimate of drug-likeness (QED) is 0.321. The minimum atomic E-state index is -1.25. The van der Waals surface area contributed by atoms with Crippen molar-refractivity contribution in [2.45, 2.75) is 51.6 Å². The number of ketones is 1. The summed E-state index contributed by atoms with van der Waals surface area (Å²) < 4.78 is 10.9. The molecule has 0 N–H and O–H groups in total. The molecular formula is C24H30O4. The molecule has 2 rings (SSSR count). The van der Waals surface area contributed by atoms with Crippen molar-refractivity contribution in [3.05, 3.63) is 71.8 Å². The van der Waals surface area contributed by atoms with E-state index in [4.69, 9.17) is 9.47 Å². The second kappa shape index (κ2) is 10.8. The van der Waals surface area contributed by atoms with E-state index in [1.807, 2.05) is 67.6 Å². The van der Waals surface area contributed by atoms with Crippen LogP contribution in [0.3, 0.4) is 0 Å². The van der Waals surface area contributed by atoms with E-state index < -0.39 is 17.5 Å². The first-order valence-electron chi connectivity index (χ1n) is 9.99. The fourth-order valence-corrected chi connectivity index (χ4v) is 3.27. The summed E-state index contributed by atoms with van der Waals surface area (Å²) in [5, 5.41) is 0. The van der Waals surface area contributed by atoms with Gasteiger partial charge in [-0.1, -0.05) is 80.4 Å². The highest BCUT2D eigenvalue weighted by molar-refractivity contribution is 6.08. The summed E-state index contributed by atoms with van der Waals surface area (Å²) >= 11 is 0. The lowest BCUT2D eigenvalue weighted by atomic mass is 9.71. The summed E-state index contributed by atoms with van der Waals surface area (Å²) in [5.41, 5.74) is 0.606. The Balaban J connectivity index is 2.37. The standard InChI is InChI=1S/C24H30O4/c1-4-6-13-18-28-23(26)21(27-5-2)22(25)24(3,19-14-9-7-10-15-19)20-16-11-8-12-17-20/h7-12,14-17,21H,4-6,13,18H2,1-3H3. The van der Waals surface area contributed by atoms with Gasteiger partial charge in [0.15, 0.2) is 5.78 Å². The molecule has 0 aliphatic carbocycles. The number of rotatable bonds is 11. The van der Waals surface area contributed by atoms with E-state index in [1.54, 1.807) is 6.92 Å². The van der Waals surface area contributed by atoms with Crippen molar-refractivity contribution in [1.29, 1.82) is 0 Å². The smallest absolute Gasteiger partial charge is 0.343 e. The Kier molecular flexibility index (Phi) is 8.40. The zero-order valence-electron chi connectivity index (χ0n) is 17.0. The molecule has 0 spiro atoms. The molecule has 0 saturated heterocycles. The van der Waals surface area contributed by atoms with E-state index in [-0.39, 0.29) is 12.4 Å². The Bertz CT molecular complexity index is 700. The van der Waals surface area contributed by atoms with Gasteiger partial charge in [-0.15, -0.1) is 0 Å². The summed E-state index contributed by atoms with van der Waals surface area (Å²) in [7, 11) is 0. The summed E-state index contributed by atoms with van der Waals surface area (Å²) in [5.74, 6) is -0.923. The molecule has 0 saturated carbocycles. The van der Waals surface area contributed by atoms with Gasteiger partial charge in [0.25, 0.3) is 0 Å². The van der Waals surface area contributed by atoms with Gasteiger partial charge in [-0.2, -0.15) is 0 Å². The topological polar surface area (TPSA) is 52.6 Å². The SMILES string of the molecule is CCCCCOC(=O)C(OCC)C(=O)C(C)(c1ccccc1)c1ccccc1. The molecule has 150 valence electrons. The Hall–Kier alpha value is -2.46. The van der Waals surface area contributed by atoms with E-state index in [0.29, 0.717) is 6.61 Å². The lowest BCUT2D eigenvalue weighted by molar-refractivity contribution is -0.163. The molecule has 0 fully saturated rings. The van der Waals surface area contributed by atoms with Crippen LogP contribution in [-0.4, -0.2) is 31.1 Å². The molecule has 0 heterocycles. The number of esters is 1. The Labute approximate surface area is 167 Å². The average Bonchev–Trinajstić information content (AvgIpc) is 2.75. The third-order valence-corrected chi connectivity index (χ3v) is 4.97. The lowest BCUT2D eigenvalue weighted by Gasteiger charge is -2.32. The summed E-state index contributed by atoms with van der Waals surface area (Å²) in [4.78, 5) is 26.3. The van der Waals surface area contributed by atoms with Crippen LogP contribution in [0.15, 0.2) is 60.7 Å². The predicted molar refractivity (Wildman–Crippen MR) is 110 cm³/mol. The molecule has 28 heavy (non-hydrogen) atoms. The van der Waals surface area contributed by atoms with Gasteiger partial charge in [0, 0.05) is 6.61 Å². The van der Waals surface area contributed by atoms with Crippen molar-refractivity contribution in [2.75, 3.05) is 13.2 Å². The zero-order chi connectivity index (χ0) is 20.4. The number of carbonyl (C=O) groups is 2. The van der Waals surface area contributed by atoms with Gasteiger partial charge in [0.2, 0.25) is 6.10 Å². The molecular weight excluding hydrogens is 352 g/mol. The maximum atomic E-state index is 13.7. The van der Waals surface area contributed by atoms with Crippen LogP contribution in [0.2, 0.25) is 0 Å². The van der Waals surface area contributed by atoms with Gasteiger partial charge in [0.1, 0.15) is 0 Å². The molecule has 2 aromatic rings. The summed E-state index contributed by atoms with van der Waals surface area (Å²) in [6.45, 7) is 6.25. The van der Waals surface area contributed by atoms with Crippen LogP contribution in [-0.2, 0) is 24.5 Å². The normalized spacial score (nSPS) is 12.4. The van der Waals surface area contributed by atoms with Crippen LogP contribution < -0.4 is 0 Å². The van der Waals surface area contributed by atoms with Crippen molar-refractivity contribution in [2.24, 2.45) is 0 Å². The highest BCUT2D eigenvalue weighted by Gasteiger charge is 2.44. The second-order valence-corrected chi connectivity index (χ2v) is 6.93. The second-order valence-electron chi connectivity index (χ2n) is 6.93. The first-order chi connectivity index (χ1) is 13.6. The van der Waals surface area contributed by atoms with Crippen molar-refractivity contribution in [3.8, 4) is 0 Å². The minimum Gasteiger partial charge on any atom is -0.463 e. The first-order valence-corrected chi connectivity index (χ1v) is 9.99. The number of ether oxygens (including phenoxy) is 2. The third-order valence-electron chi connectivity index (χ3n) is 4.97. The maximum Gasteiger partial charge on any atom is 0.343 e. The highest BCUT2D eigenvalue weighted by Crippen LogP contribution is 2.34. The number of benzene rings is 2. The molecule has 2 aromatic carbocycles. The maximum absolute atomic E-state index is 13.7. The molecule has 0 radical (unpaired) electrons. The number of hydrogen-bond donors (Lipinski definition) is 0. The lowest BCUT2D eigenvalue weighted by Crippen LogP contribution is -2.47. The zero-order valence-corrected chi connectivity index (χ0v) is 17.0. The van der Waals surface area contributed by atoms with E-state index in [9.17, 15) is 9.59 Å². The predicted octanol–water partition coefficient (Wildman–Crippen LogP) is 4.70. The highest BCUT2D eigenvalue weighted by atomic mass is 16.6. The van der Waals surface area contributed by atoms with Gasteiger partial charge in [-0.05, 0) is 31.4 Å². The van der Waals surface area contributed by atoms with E-state index >= 15 is 0 Å². The number of unbranched alkanes of at least 4 members (excludes halogenated alkanes) is 2. The first kappa shape index (κ1) is 21.8. The third kappa shape index (κ3) is 5.08. The van der Waals surface area contributed by atoms with Crippen molar-refractivity contribution < 1.29 is 19.1 Å². The van der Waals surface area contributed by atoms with E-state index in [2.05, 4.69) is 6.92 Å². The number of hydrogen-bond acceptors (Lipinski definition) is 4. The van der Waals surface area contributed by atoms with E-state index in [0.717, 1.165) is 30.4 Å². The summed E-state index contributed by atoms with van der Waals surface area (Å²) in [6.07, 6.45) is 1.54. The Morgan fingerprint density at radius 2 is 1.43 bits per heavy atom. The van der Waals surface area contributed by atoms with Crippen LogP contribution in [0, 0.1) is 0 Å². The van der Waals surface area contributed by atoms with Gasteiger partial charge in [0.05, 0.1) is 12.0 Å². The van der Waals surface area contributed by atoms with Gasteiger partial charge in [-0.25, -0.2) is 4.79 Å². The van der Waals surface area contributed by atoms with Gasteiger partial charge < -0.3 is 9.47 Å². The Morgan fingerprint density at radius 3 is 1.89 bits per heavy atom. The molecule has 0 aliphatic heterocycles. The van der Waals surface area contributed by atoms with Crippen LogP contribution in [0.4, 0.5) is 0 Å². The number of carbonyl (C=O) groups excluding carboxylic acids is 2. The average molecular weight is 382 g/mol. The largest absolute Gasteiger partial charge is 0.463 e. The fraction of sp³-hybridized carbons (Fsp3) is 0.417. The molecule has 4 nitrogen and oxygen atoms in total. The molecule has 0 aliphatic rings. The van der Waals surface area contributed by atoms with Crippen molar-refractivity contribution in [3.63, 3.8) is 0 Å². The Morgan fingerprint density at radius 1 is 0.893 bits per heavy atom. The van der Waals surface area contributed by atoms with Crippen LogP contribution in [0.1, 0.15) is 51.2 Å². The molecule has 0 bridgehead atoms. The molecule has 0 amide bonds. The van der Waals surface area contributed by atoms with Crippen LogP contribution in [0.5, 0.6) is 0 Å². The van der Waals surface area contributed by atoms with Gasteiger partial charge >= 0.3 is 5.97 Å². The van der Waals surface area contributed by atoms with Crippen molar-refractivity contribution in [1.82, 2.24) is 0 Å². The molecule has 4 heteroatoms. The molecule has 0 aromatic heterocycles. The van der Waals surface area contributed by atoms with E-state index in [1.165, 1.54) is 0 Å². The summed E-state index contributed by atoms with van der Waals surface area (Å²) in [6, 6.07) is 19.0. The van der Waals surface area contributed by atoms with Crippen molar-refractivity contribution >= 4 is 11.8 Å². The van der Waals surface area contributed by atoms with Gasteiger partial charge in [-0.3, -0.25) is 4.79 Å². The van der Waals surface area contributed by atoms with Crippen LogP contribution in [0.25, 0.3) is 0 Å². The fourth-order valence-electron chi connectivity index (χ4n) is 3.27. The van der Waals surface area contributed by atoms with Crippen LogP contribution >= 0.6 is 0 Å². The molecule has 1 unspecified atom stereocenters. The molecule has 1 atom stereocenters. The number of Topliss-reactive ketones (excluding diaryl/α,β-unsaturated/α-hetero) is 1.